The molecule has 22 heavy (non-hydrogen) atoms. The van der Waals surface area contributed by atoms with Crippen LogP contribution in [0.5, 0.6) is 11.5 Å². The largest absolute Gasteiger partial charge is 0.497 e. The third-order valence-electron chi connectivity index (χ3n) is 3.04. The van der Waals surface area contributed by atoms with Crippen molar-refractivity contribution >= 4 is 15.9 Å². The number of hydrogen-bond donors (Lipinski definition) is 2. The van der Waals surface area contributed by atoms with Crippen molar-refractivity contribution in [2.75, 3.05) is 33.1 Å². The molecule has 1 rings (SSSR count). The minimum absolute atomic E-state index is 0.0543. The molecule has 0 atom stereocenters. The lowest BCUT2D eigenvalue weighted by Gasteiger charge is -2.11. The summed E-state index contributed by atoms with van der Waals surface area (Å²) in [7, 11) is -0.209. The van der Waals surface area contributed by atoms with E-state index in [1.165, 1.54) is 6.92 Å². The van der Waals surface area contributed by atoms with Crippen LogP contribution in [-0.2, 0) is 21.2 Å². The normalized spacial score (nSPS) is 11.0. The summed E-state index contributed by atoms with van der Waals surface area (Å²) >= 11 is 0. The maximum absolute atomic E-state index is 11.6. The van der Waals surface area contributed by atoms with E-state index >= 15 is 0 Å². The number of carbonyl (C=O) groups excluding carboxylic acids is 1. The van der Waals surface area contributed by atoms with Crippen LogP contribution in [0.1, 0.15) is 12.5 Å². The Hall–Kier alpha value is -1.80. The molecule has 0 aromatic heterocycles. The molecule has 1 aromatic rings. The van der Waals surface area contributed by atoms with Crippen LogP contribution >= 0.6 is 0 Å². The molecule has 0 fully saturated rings. The van der Waals surface area contributed by atoms with Crippen molar-refractivity contribution in [2.45, 2.75) is 13.3 Å². The lowest BCUT2D eigenvalue weighted by Crippen LogP contribution is -2.38. The van der Waals surface area contributed by atoms with Crippen LogP contribution in [0.3, 0.4) is 0 Å². The highest BCUT2D eigenvalue weighted by atomic mass is 32.2. The average Bonchev–Trinajstić information content (AvgIpc) is 2.53. The van der Waals surface area contributed by atoms with Gasteiger partial charge in [-0.1, -0.05) is 0 Å². The van der Waals surface area contributed by atoms with Gasteiger partial charge in [0, 0.05) is 6.54 Å². The van der Waals surface area contributed by atoms with Crippen LogP contribution in [0.15, 0.2) is 18.2 Å². The monoisotopic (exact) mass is 330 g/mol. The number of benzene rings is 1. The fourth-order valence-electron chi connectivity index (χ4n) is 1.75. The number of sulfonamides is 1. The van der Waals surface area contributed by atoms with Crippen LogP contribution in [0.4, 0.5) is 0 Å². The van der Waals surface area contributed by atoms with Gasteiger partial charge in [0.05, 0.1) is 26.5 Å². The van der Waals surface area contributed by atoms with Gasteiger partial charge in [0.25, 0.3) is 0 Å². The summed E-state index contributed by atoms with van der Waals surface area (Å²) in [5, 5.41) is 2.65. The Balaban J connectivity index is 2.48. The Morgan fingerprint density at radius 3 is 2.55 bits per heavy atom. The van der Waals surface area contributed by atoms with E-state index in [-0.39, 0.29) is 18.2 Å². The first-order valence-corrected chi connectivity index (χ1v) is 8.52. The molecule has 7 nitrogen and oxygen atoms in total. The van der Waals surface area contributed by atoms with Crippen molar-refractivity contribution in [2.24, 2.45) is 0 Å². The van der Waals surface area contributed by atoms with Gasteiger partial charge < -0.3 is 14.8 Å². The SMILES string of the molecule is CCS(=O)(=O)NCC(=O)NCCc1cc(OC)ccc1OC. The third-order valence-corrected chi connectivity index (χ3v) is 4.38. The summed E-state index contributed by atoms with van der Waals surface area (Å²) in [5.41, 5.74) is 0.899. The van der Waals surface area contributed by atoms with E-state index in [4.69, 9.17) is 9.47 Å². The van der Waals surface area contributed by atoms with Gasteiger partial charge in [-0.3, -0.25) is 4.79 Å². The predicted molar refractivity (Wildman–Crippen MR) is 83.7 cm³/mol. The fourth-order valence-corrected chi connectivity index (χ4v) is 2.31. The zero-order valence-corrected chi connectivity index (χ0v) is 13.8. The molecule has 8 heteroatoms. The third kappa shape index (κ3) is 5.90. The van der Waals surface area contributed by atoms with E-state index in [2.05, 4.69) is 10.0 Å². The highest BCUT2D eigenvalue weighted by Crippen LogP contribution is 2.23. The van der Waals surface area contributed by atoms with Gasteiger partial charge in [-0.05, 0) is 37.1 Å². The van der Waals surface area contributed by atoms with Gasteiger partial charge >= 0.3 is 0 Å². The number of carbonyl (C=O) groups is 1. The number of methoxy groups -OCH3 is 2. The maximum Gasteiger partial charge on any atom is 0.235 e. The van der Waals surface area contributed by atoms with E-state index in [9.17, 15) is 13.2 Å². The van der Waals surface area contributed by atoms with Crippen molar-refractivity contribution in [3.05, 3.63) is 23.8 Å². The molecule has 0 radical (unpaired) electrons. The first-order valence-electron chi connectivity index (χ1n) is 6.86. The molecule has 1 aromatic carbocycles. The molecule has 0 saturated heterocycles. The zero-order valence-electron chi connectivity index (χ0n) is 13.0. The number of amides is 1. The highest BCUT2D eigenvalue weighted by molar-refractivity contribution is 7.89. The van der Waals surface area contributed by atoms with Crippen LogP contribution in [0, 0.1) is 0 Å². The van der Waals surface area contributed by atoms with Crippen molar-refractivity contribution in [1.82, 2.24) is 10.0 Å². The molecule has 0 heterocycles. The van der Waals surface area contributed by atoms with Crippen molar-refractivity contribution in [1.29, 1.82) is 0 Å². The van der Waals surface area contributed by atoms with Gasteiger partial charge in [0.1, 0.15) is 11.5 Å². The molecule has 2 N–H and O–H groups in total. The average molecular weight is 330 g/mol. The molecular weight excluding hydrogens is 308 g/mol. The zero-order chi connectivity index (χ0) is 16.6. The number of hydrogen-bond acceptors (Lipinski definition) is 5. The van der Waals surface area contributed by atoms with E-state index in [1.54, 1.807) is 26.4 Å². The van der Waals surface area contributed by atoms with Gasteiger partial charge in [0.15, 0.2) is 0 Å². The van der Waals surface area contributed by atoms with E-state index in [0.717, 1.165) is 5.56 Å². The summed E-state index contributed by atoms with van der Waals surface area (Å²) in [6.45, 7) is 1.62. The van der Waals surface area contributed by atoms with E-state index in [0.29, 0.717) is 24.5 Å². The van der Waals surface area contributed by atoms with Gasteiger partial charge in [-0.2, -0.15) is 0 Å². The Morgan fingerprint density at radius 1 is 1.23 bits per heavy atom. The number of rotatable bonds is 9. The predicted octanol–water partition coefficient (Wildman–Crippen LogP) is 0.302. The minimum Gasteiger partial charge on any atom is -0.497 e. The van der Waals surface area contributed by atoms with Crippen molar-refractivity contribution in [3.63, 3.8) is 0 Å². The minimum atomic E-state index is -3.36. The lowest BCUT2D eigenvalue weighted by molar-refractivity contribution is -0.119. The second-order valence-electron chi connectivity index (χ2n) is 4.50. The topological polar surface area (TPSA) is 93.7 Å². The summed E-state index contributed by atoms with van der Waals surface area (Å²) in [5.74, 6) is 0.986. The van der Waals surface area contributed by atoms with E-state index < -0.39 is 10.0 Å². The van der Waals surface area contributed by atoms with Crippen LogP contribution in [0.25, 0.3) is 0 Å². The molecule has 0 aliphatic rings. The Labute approximate surface area is 131 Å². The first kappa shape index (κ1) is 18.2. The van der Waals surface area contributed by atoms with Gasteiger partial charge in [-0.15, -0.1) is 0 Å². The second kappa shape index (κ2) is 8.60. The van der Waals surface area contributed by atoms with Gasteiger partial charge in [0.2, 0.25) is 15.9 Å². The Bertz CT molecular complexity index is 601. The standard InChI is InChI=1S/C14H22N2O5S/c1-4-22(18,19)16-10-14(17)15-8-7-11-9-12(20-2)5-6-13(11)21-3/h5-6,9,16H,4,7-8,10H2,1-3H3,(H,15,17). The summed E-state index contributed by atoms with van der Waals surface area (Å²) < 4.78 is 35.1. The quantitative estimate of drug-likeness (QED) is 0.679. The summed E-state index contributed by atoms with van der Waals surface area (Å²) in [6.07, 6.45) is 0.548. The molecule has 0 aliphatic heterocycles. The molecule has 0 bridgehead atoms. The maximum atomic E-state index is 11.6. The summed E-state index contributed by atoms with van der Waals surface area (Å²) in [6, 6.07) is 5.43. The van der Waals surface area contributed by atoms with Crippen LogP contribution in [0.2, 0.25) is 0 Å². The molecule has 1 amide bonds. The summed E-state index contributed by atoms with van der Waals surface area (Å²) in [4.78, 5) is 11.6. The van der Waals surface area contributed by atoms with Gasteiger partial charge in [-0.25, -0.2) is 13.1 Å². The van der Waals surface area contributed by atoms with Crippen molar-refractivity contribution in [3.8, 4) is 11.5 Å². The molecule has 0 unspecified atom stereocenters. The first-order chi connectivity index (χ1) is 10.4. The van der Waals surface area contributed by atoms with Crippen LogP contribution < -0.4 is 19.5 Å². The van der Waals surface area contributed by atoms with Crippen molar-refractivity contribution < 1.29 is 22.7 Å². The Kier molecular flexibility index (Phi) is 7.13. The smallest absolute Gasteiger partial charge is 0.235 e. The molecule has 0 spiro atoms. The number of ether oxygens (including phenoxy) is 2. The van der Waals surface area contributed by atoms with E-state index in [1.807, 2.05) is 6.07 Å². The Morgan fingerprint density at radius 2 is 1.95 bits per heavy atom. The second-order valence-corrected chi connectivity index (χ2v) is 6.60. The molecule has 0 aliphatic carbocycles. The van der Waals surface area contributed by atoms with Crippen LogP contribution in [-0.4, -0.2) is 47.4 Å². The number of nitrogens with one attached hydrogen (secondary N) is 2. The molecule has 0 saturated carbocycles. The molecular formula is C14H22N2O5S. The molecule has 124 valence electrons. The lowest BCUT2D eigenvalue weighted by atomic mass is 10.1. The highest BCUT2D eigenvalue weighted by Gasteiger charge is 2.10. The fraction of sp³-hybridized carbons (Fsp3) is 0.500.